The molecule has 8 heteroatoms. The molecule has 6 nitrogen and oxygen atoms in total. The fourth-order valence-electron chi connectivity index (χ4n) is 4.33. The second-order valence-electron chi connectivity index (χ2n) is 7.41. The number of hydrogen-bond acceptors (Lipinski definition) is 5. The van der Waals surface area contributed by atoms with E-state index in [0.29, 0.717) is 28.1 Å². The number of rotatable bonds is 2. The Labute approximate surface area is 163 Å². The van der Waals surface area contributed by atoms with Gasteiger partial charge in [-0.3, -0.25) is 9.59 Å². The minimum absolute atomic E-state index is 0.0474. The van der Waals surface area contributed by atoms with Gasteiger partial charge in [-0.2, -0.15) is 0 Å². The highest BCUT2D eigenvalue weighted by Gasteiger charge is 2.46. The molecule has 0 saturated heterocycles. The number of pyridine rings is 2. The number of ether oxygens (including phenoxy) is 1. The van der Waals surface area contributed by atoms with Crippen molar-refractivity contribution in [2.24, 2.45) is 0 Å². The van der Waals surface area contributed by atoms with Gasteiger partial charge in [0.15, 0.2) is 11.6 Å². The summed E-state index contributed by atoms with van der Waals surface area (Å²) in [7, 11) is 0. The Bertz CT molecular complexity index is 1280. The maximum Gasteiger partial charge on any atom is 0.319 e. The molecular formula is C21H16F2N2O4. The zero-order valence-electron chi connectivity index (χ0n) is 15.5. The second kappa shape index (κ2) is 5.93. The van der Waals surface area contributed by atoms with E-state index in [1.807, 2.05) is 0 Å². The molecule has 29 heavy (non-hydrogen) atoms. The van der Waals surface area contributed by atoms with E-state index in [1.54, 1.807) is 13.0 Å². The zero-order valence-corrected chi connectivity index (χ0v) is 15.5. The lowest BCUT2D eigenvalue weighted by atomic mass is 9.75. The highest BCUT2D eigenvalue weighted by Crippen LogP contribution is 2.40. The first-order valence-electron chi connectivity index (χ1n) is 9.24. The van der Waals surface area contributed by atoms with Crippen molar-refractivity contribution >= 4 is 16.9 Å². The minimum atomic E-state index is -1.31. The number of cyclic esters (lactones) is 1. The number of benzene rings is 1. The van der Waals surface area contributed by atoms with E-state index in [-0.39, 0.29) is 36.0 Å². The molecule has 0 spiro atoms. The third-order valence-electron chi connectivity index (χ3n) is 6.06. The summed E-state index contributed by atoms with van der Waals surface area (Å²) in [6.07, 6.45) is 0.265. The number of fused-ring (bicyclic) bond motifs is 5. The molecule has 148 valence electrons. The molecule has 0 saturated carbocycles. The topological polar surface area (TPSA) is 81.4 Å². The minimum Gasteiger partial charge on any atom is -0.460 e. The Morgan fingerprint density at radius 2 is 2.07 bits per heavy atom. The molecule has 2 aromatic heterocycles. The van der Waals surface area contributed by atoms with Crippen molar-refractivity contribution in [3.8, 4) is 11.4 Å². The average molecular weight is 398 g/mol. The smallest absolute Gasteiger partial charge is 0.319 e. The van der Waals surface area contributed by atoms with Crippen LogP contribution < -0.4 is 5.56 Å². The van der Waals surface area contributed by atoms with Crippen LogP contribution in [0.2, 0.25) is 0 Å². The first kappa shape index (κ1) is 17.9. The van der Waals surface area contributed by atoms with E-state index in [1.165, 1.54) is 16.7 Å². The van der Waals surface area contributed by atoms with E-state index in [9.17, 15) is 23.5 Å². The number of esters is 1. The quantitative estimate of drug-likeness (QED) is 0.525. The van der Waals surface area contributed by atoms with Gasteiger partial charge in [-0.05, 0) is 36.2 Å². The van der Waals surface area contributed by atoms with Crippen molar-refractivity contribution in [1.29, 1.82) is 0 Å². The van der Waals surface area contributed by atoms with Gasteiger partial charge < -0.3 is 14.4 Å². The van der Waals surface area contributed by atoms with Crippen LogP contribution in [0.1, 0.15) is 30.0 Å². The third-order valence-corrected chi connectivity index (χ3v) is 6.06. The van der Waals surface area contributed by atoms with Crippen molar-refractivity contribution in [3.63, 3.8) is 0 Å². The van der Waals surface area contributed by atoms with Gasteiger partial charge in [-0.15, -0.1) is 0 Å². The Hall–Kier alpha value is -3.13. The van der Waals surface area contributed by atoms with Crippen LogP contribution in [0, 0.1) is 11.6 Å². The van der Waals surface area contributed by atoms with E-state index in [4.69, 9.17) is 4.74 Å². The maximum atomic E-state index is 14.2. The van der Waals surface area contributed by atoms with Gasteiger partial charge in [-0.1, -0.05) is 6.92 Å². The maximum absolute atomic E-state index is 14.2. The van der Waals surface area contributed by atoms with Gasteiger partial charge in [0.1, 0.15) is 12.0 Å². The summed E-state index contributed by atoms with van der Waals surface area (Å²) < 4.78 is 34.5. The van der Waals surface area contributed by atoms with Gasteiger partial charge in [0.05, 0.1) is 35.6 Å². The number of aromatic nitrogens is 2. The lowest BCUT2D eigenvalue weighted by Gasteiger charge is -2.34. The lowest BCUT2D eigenvalue weighted by Crippen LogP contribution is -2.47. The standard InChI is InChI=1S/C21H16F2N2O4/c1-2-21(9-26)13-6-16-18-10(5-11-15(24-18)4-3-14(22)17(11)23)7-25(16)19(27)12(13)8-29-20(21)28/h3-6,26H,2,7-9H2,1H3. The predicted octanol–water partition coefficient (Wildman–Crippen LogP) is 2.40. The fourth-order valence-corrected chi connectivity index (χ4v) is 4.33. The Kier molecular flexibility index (Phi) is 3.67. The molecule has 1 N–H and O–H groups in total. The molecular weight excluding hydrogens is 382 g/mol. The van der Waals surface area contributed by atoms with Crippen LogP contribution in [0.5, 0.6) is 0 Å². The highest BCUT2D eigenvalue weighted by molar-refractivity contribution is 5.87. The van der Waals surface area contributed by atoms with Crippen LogP contribution >= 0.6 is 0 Å². The Balaban J connectivity index is 1.80. The molecule has 0 aliphatic carbocycles. The molecule has 1 unspecified atom stereocenters. The van der Waals surface area contributed by atoms with Gasteiger partial charge in [0.2, 0.25) is 0 Å². The molecule has 0 radical (unpaired) electrons. The fraction of sp³-hybridized carbons (Fsp3) is 0.286. The molecule has 0 amide bonds. The number of nitrogens with zero attached hydrogens (tertiary/aromatic N) is 2. The van der Waals surface area contributed by atoms with Crippen LogP contribution in [0.4, 0.5) is 8.78 Å². The third kappa shape index (κ3) is 2.20. The second-order valence-corrected chi connectivity index (χ2v) is 7.41. The molecule has 3 aromatic rings. The molecule has 1 aromatic carbocycles. The predicted molar refractivity (Wildman–Crippen MR) is 99.3 cm³/mol. The van der Waals surface area contributed by atoms with Crippen molar-refractivity contribution in [2.45, 2.75) is 31.9 Å². The van der Waals surface area contributed by atoms with Crippen LogP contribution in [0.3, 0.4) is 0 Å². The van der Waals surface area contributed by atoms with E-state index in [0.717, 1.165) is 6.07 Å². The summed E-state index contributed by atoms with van der Waals surface area (Å²) in [4.78, 5) is 30.1. The molecule has 5 rings (SSSR count). The van der Waals surface area contributed by atoms with Gasteiger partial charge in [0.25, 0.3) is 5.56 Å². The van der Waals surface area contributed by atoms with Gasteiger partial charge in [0, 0.05) is 10.9 Å². The van der Waals surface area contributed by atoms with E-state index in [2.05, 4.69) is 4.98 Å². The largest absolute Gasteiger partial charge is 0.460 e. The Morgan fingerprint density at radius 1 is 1.28 bits per heavy atom. The Morgan fingerprint density at radius 3 is 2.79 bits per heavy atom. The number of halogens is 2. The van der Waals surface area contributed by atoms with Crippen LogP contribution in [-0.4, -0.2) is 27.2 Å². The first-order valence-corrected chi connectivity index (χ1v) is 9.24. The summed E-state index contributed by atoms with van der Waals surface area (Å²) in [6.45, 7) is 1.25. The summed E-state index contributed by atoms with van der Waals surface area (Å²) in [6, 6.07) is 5.59. The monoisotopic (exact) mass is 398 g/mol. The number of hydrogen-bond donors (Lipinski definition) is 1. The molecule has 2 aliphatic rings. The summed E-state index contributed by atoms with van der Waals surface area (Å²) >= 11 is 0. The normalized spacial score (nSPS) is 19.7. The molecule has 4 heterocycles. The number of carbonyl (C=O) groups excluding carboxylic acids is 1. The van der Waals surface area contributed by atoms with E-state index >= 15 is 0 Å². The first-order chi connectivity index (χ1) is 13.9. The molecule has 1 atom stereocenters. The SMILES string of the molecule is CCC1(CO)C(=O)OCc2c1cc1n(c2=O)Cc2cc3c(F)c(F)ccc3nc2-1. The van der Waals surface area contributed by atoms with Crippen molar-refractivity contribution in [3.05, 3.63) is 62.9 Å². The van der Waals surface area contributed by atoms with Crippen molar-refractivity contribution in [1.82, 2.24) is 9.55 Å². The summed E-state index contributed by atoms with van der Waals surface area (Å²) in [5.74, 6) is -2.51. The van der Waals surface area contributed by atoms with E-state index < -0.39 is 29.6 Å². The molecule has 2 aliphatic heterocycles. The number of carbonyl (C=O) groups is 1. The molecule has 0 fully saturated rings. The van der Waals surface area contributed by atoms with Crippen LogP contribution in [-0.2, 0) is 28.1 Å². The zero-order chi connectivity index (χ0) is 20.5. The number of aliphatic hydroxyl groups is 1. The summed E-state index contributed by atoms with van der Waals surface area (Å²) in [5, 5.41) is 10.0. The van der Waals surface area contributed by atoms with Gasteiger partial charge >= 0.3 is 5.97 Å². The average Bonchev–Trinajstić information content (AvgIpc) is 3.08. The van der Waals surface area contributed by atoms with Crippen molar-refractivity contribution in [2.75, 3.05) is 6.61 Å². The van der Waals surface area contributed by atoms with Gasteiger partial charge in [-0.25, -0.2) is 13.8 Å². The van der Waals surface area contributed by atoms with Crippen molar-refractivity contribution < 1.29 is 23.4 Å². The summed E-state index contributed by atoms with van der Waals surface area (Å²) in [5.41, 5.74) is 0.918. The lowest BCUT2D eigenvalue weighted by molar-refractivity contribution is -0.156. The van der Waals surface area contributed by atoms with Crippen LogP contribution in [0.15, 0.2) is 29.1 Å². The molecule has 0 bridgehead atoms. The van der Waals surface area contributed by atoms with Crippen LogP contribution in [0.25, 0.3) is 22.3 Å². The highest BCUT2D eigenvalue weighted by atomic mass is 19.2. The number of aliphatic hydroxyl groups excluding tert-OH is 1.